The molecule has 0 fully saturated rings. The van der Waals surface area contributed by atoms with E-state index < -0.39 is 0 Å². The molecule has 0 unspecified atom stereocenters. The smallest absolute Gasteiger partial charge is 0.0211 e. The van der Waals surface area contributed by atoms with Crippen LogP contribution in [0, 0.1) is 0 Å². The van der Waals surface area contributed by atoms with Crippen LogP contribution in [0.4, 0.5) is 0 Å². The molecule has 0 aliphatic heterocycles. The molecule has 6 aromatic rings. The van der Waals surface area contributed by atoms with Crippen molar-refractivity contribution in [2.24, 2.45) is 0 Å². The average Bonchev–Trinajstić information content (AvgIpc) is 3.00. The molecule has 0 heterocycles. The van der Waals surface area contributed by atoms with Gasteiger partial charge in [-0.3, -0.25) is 0 Å². The molecule has 0 aliphatic carbocycles. The molecule has 0 aliphatic rings. The van der Waals surface area contributed by atoms with E-state index in [-0.39, 0.29) is 37.2 Å². The zero-order valence-corrected chi connectivity index (χ0v) is 26.2. The minimum atomic E-state index is 0. The van der Waals surface area contributed by atoms with E-state index in [9.17, 15) is 0 Å². The minimum Gasteiger partial charge on any atom is -0.317 e. The molecule has 0 saturated heterocycles. The average molecular weight is 621 g/mol. The van der Waals surface area contributed by atoms with Crippen molar-refractivity contribution in [1.29, 1.82) is 0 Å². The van der Waals surface area contributed by atoms with E-state index in [1.54, 1.807) is 0 Å². The Morgan fingerprint density at radius 1 is 0.357 bits per heavy atom. The molecule has 3 N–H and O–H groups in total. The van der Waals surface area contributed by atoms with E-state index in [2.05, 4.69) is 125 Å². The van der Waals surface area contributed by atoms with E-state index in [1.165, 1.54) is 54.2 Å². The second kappa shape index (κ2) is 16.7. The first-order chi connectivity index (χ1) is 19.4. The predicted octanol–water partition coefficient (Wildman–Crippen LogP) is 8.81. The van der Waals surface area contributed by atoms with Gasteiger partial charge >= 0.3 is 0 Å². The Kier molecular flexibility index (Phi) is 13.3. The number of halogens is 3. The lowest BCUT2D eigenvalue weighted by Gasteiger charge is -2.12. The number of fused-ring (bicyclic) bond motifs is 6. The second-order valence-electron chi connectivity index (χ2n) is 10.4. The maximum atomic E-state index is 3.66. The summed E-state index contributed by atoms with van der Waals surface area (Å²) in [7, 11) is 0. The van der Waals surface area contributed by atoms with Gasteiger partial charge in [0.1, 0.15) is 0 Å². The van der Waals surface area contributed by atoms with Crippen molar-refractivity contribution < 1.29 is 0 Å². The van der Waals surface area contributed by atoms with Crippen LogP contribution in [-0.2, 0) is 13.1 Å². The van der Waals surface area contributed by atoms with Gasteiger partial charge in [-0.2, -0.15) is 0 Å². The van der Waals surface area contributed by atoms with Crippen LogP contribution < -0.4 is 16.0 Å². The molecule has 0 aromatic heterocycles. The van der Waals surface area contributed by atoms with Crippen molar-refractivity contribution in [2.45, 2.75) is 25.9 Å². The topological polar surface area (TPSA) is 36.1 Å². The molecule has 220 valence electrons. The van der Waals surface area contributed by atoms with Crippen LogP contribution in [0.1, 0.15) is 24.0 Å². The highest BCUT2D eigenvalue weighted by Crippen LogP contribution is 2.29. The standard InChI is InChI=1S/C36H37N3.3ClH/c1-3-13-31-27(11-1)23-29(33-15-5-7-17-35(31)33)25-38-21-9-19-37-20-10-22-39-26-30-24-28-12-2-4-14-32(28)36-18-8-6-16-34(30)36;;;/h1-8,11-18,23-24,37-39H,9-10,19-22,25-26H2;3*1H. The fourth-order valence-electron chi connectivity index (χ4n) is 5.80. The van der Waals surface area contributed by atoms with Crippen molar-refractivity contribution in [1.82, 2.24) is 16.0 Å². The lowest BCUT2D eigenvalue weighted by Crippen LogP contribution is -2.25. The summed E-state index contributed by atoms with van der Waals surface area (Å²) < 4.78 is 0. The Morgan fingerprint density at radius 2 is 0.690 bits per heavy atom. The van der Waals surface area contributed by atoms with Crippen molar-refractivity contribution in [3.63, 3.8) is 0 Å². The van der Waals surface area contributed by atoms with Crippen LogP contribution in [0.3, 0.4) is 0 Å². The fourth-order valence-corrected chi connectivity index (χ4v) is 5.80. The van der Waals surface area contributed by atoms with Crippen LogP contribution >= 0.6 is 37.2 Å². The zero-order valence-electron chi connectivity index (χ0n) is 23.8. The Hall–Kier alpha value is -2.89. The van der Waals surface area contributed by atoms with Crippen molar-refractivity contribution in [3.05, 3.63) is 120 Å². The van der Waals surface area contributed by atoms with Gasteiger partial charge in [0.15, 0.2) is 0 Å². The summed E-state index contributed by atoms with van der Waals surface area (Å²) in [6.07, 6.45) is 2.25. The monoisotopic (exact) mass is 619 g/mol. The maximum absolute atomic E-state index is 3.66. The number of hydrogen-bond acceptors (Lipinski definition) is 3. The Labute approximate surface area is 267 Å². The fraction of sp³-hybridized carbons (Fsp3) is 0.222. The van der Waals surface area contributed by atoms with Gasteiger partial charge in [-0.25, -0.2) is 0 Å². The Bertz CT molecular complexity index is 1590. The summed E-state index contributed by atoms with van der Waals surface area (Å²) in [4.78, 5) is 0. The lowest BCUT2D eigenvalue weighted by atomic mass is 9.97. The van der Waals surface area contributed by atoms with E-state index in [0.29, 0.717) is 0 Å². The summed E-state index contributed by atoms with van der Waals surface area (Å²) in [5, 5.41) is 21.6. The van der Waals surface area contributed by atoms with Crippen LogP contribution in [0.5, 0.6) is 0 Å². The van der Waals surface area contributed by atoms with Gasteiger partial charge in [-0.15, -0.1) is 37.2 Å². The number of rotatable bonds is 12. The van der Waals surface area contributed by atoms with Gasteiger partial charge in [0.05, 0.1) is 0 Å². The van der Waals surface area contributed by atoms with E-state index in [0.717, 1.165) is 52.1 Å². The van der Waals surface area contributed by atoms with Gasteiger partial charge in [0, 0.05) is 13.1 Å². The molecule has 0 spiro atoms. The highest BCUT2D eigenvalue weighted by molar-refractivity contribution is 6.09. The third-order valence-corrected chi connectivity index (χ3v) is 7.75. The maximum Gasteiger partial charge on any atom is 0.0211 e. The van der Waals surface area contributed by atoms with Gasteiger partial charge in [0.25, 0.3) is 0 Å². The third kappa shape index (κ3) is 7.73. The van der Waals surface area contributed by atoms with Crippen LogP contribution in [0.2, 0.25) is 0 Å². The summed E-state index contributed by atoms with van der Waals surface area (Å²) in [6, 6.07) is 39.6. The predicted molar refractivity (Wildman–Crippen MR) is 190 cm³/mol. The Balaban J connectivity index is 0.00000161. The van der Waals surface area contributed by atoms with Crippen LogP contribution in [0.15, 0.2) is 109 Å². The largest absolute Gasteiger partial charge is 0.317 e. The Morgan fingerprint density at radius 3 is 1.12 bits per heavy atom. The summed E-state index contributed by atoms with van der Waals surface area (Å²) >= 11 is 0. The minimum absolute atomic E-state index is 0. The van der Waals surface area contributed by atoms with Crippen molar-refractivity contribution in [3.8, 4) is 0 Å². The zero-order chi connectivity index (χ0) is 26.3. The molecular weight excluding hydrogens is 581 g/mol. The van der Waals surface area contributed by atoms with Gasteiger partial charge in [-0.1, -0.05) is 97.1 Å². The molecule has 0 saturated carbocycles. The van der Waals surface area contributed by atoms with Crippen LogP contribution in [0.25, 0.3) is 43.1 Å². The van der Waals surface area contributed by atoms with Gasteiger partial charge in [0.2, 0.25) is 0 Å². The second-order valence-corrected chi connectivity index (χ2v) is 10.4. The SMILES string of the molecule is Cl.Cl.Cl.c1ccc2c(c1)cc(CNCCCNCCCNCc1cc3ccccc3c3ccccc13)c1ccccc12. The highest BCUT2D eigenvalue weighted by Gasteiger charge is 2.07. The molecule has 0 amide bonds. The molecule has 6 heteroatoms. The molecule has 0 atom stereocenters. The number of hydrogen-bond donors (Lipinski definition) is 3. The normalized spacial score (nSPS) is 10.9. The first-order valence-electron chi connectivity index (χ1n) is 14.3. The molecule has 3 nitrogen and oxygen atoms in total. The quantitative estimate of drug-likeness (QED) is 0.0945. The van der Waals surface area contributed by atoms with E-state index in [4.69, 9.17) is 0 Å². The van der Waals surface area contributed by atoms with E-state index in [1.807, 2.05) is 0 Å². The number of nitrogens with one attached hydrogen (secondary N) is 3. The highest BCUT2D eigenvalue weighted by atomic mass is 35.5. The first-order valence-corrected chi connectivity index (χ1v) is 14.3. The van der Waals surface area contributed by atoms with Crippen molar-refractivity contribution >= 4 is 80.3 Å². The van der Waals surface area contributed by atoms with E-state index >= 15 is 0 Å². The van der Waals surface area contributed by atoms with Gasteiger partial charge in [-0.05, 0) is 105 Å². The molecule has 6 aromatic carbocycles. The van der Waals surface area contributed by atoms with Gasteiger partial charge < -0.3 is 16.0 Å². The molecular formula is C36H40Cl3N3. The first kappa shape index (κ1) is 33.6. The molecule has 0 bridgehead atoms. The lowest BCUT2D eigenvalue weighted by molar-refractivity contribution is 0.566. The van der Waals surface area contributed by atoms with Crippen LogP contribution in [-0.4, -0.2) is 26.2 Å². The van der Waals surface area contributed by atoms with Crippen molar-refractivity contribution in [2.75, 3.05) is 26.2 Å². The summed E-state index contributed by atoms with van der Waals surface area (Å²) in [6.45, 7) is 5.92. The molecule has 6 rings (SSSR count). The summed E-state index contributed by atoms with van der Waals surface area (Å²) in [5.41, 5.74) is 2.75. The third-order valence-electron chi connectivity index (χ3n) is 7.75. The number of benzene rings is 6. The molecule has 42 heavy (non-hydrogen) atoms. The molecule has 0 radical (unpaired) electrons. The summed E-state index contributed by atoms with van der Waals surface area (Å²) in [5.74, 6) is 0.